The summed E-state index contributed by atoms with van der Waals surface area (Å²) in [5.74, 6) is -0.0784. The van der Waals surface area contributed by atoms with Crippen molar-refractivity contribution in [1.29, 1.82) is 0 Å². The summed E-state index contributed by atoms with van der Waals surface area (Å²) >= 11 is 0. The van der Waals surface area contributed by atoms with Crippen LogP contribution in [0.25, 0.3) is 11.1 Å². The fraction of sp³-hybridized carbons (Fsp3) is 0.350. The van der Waals surface area contributed by atoms with Crippen LogP contribution in [0.15, 0.2) is 48.5 Å². The van der Waals surface area contributed by atoms with Crippen LogP contribution in [0.3, 0.4) is 0 Å². The Morgan fingerprint density at radius 3 is 2.50 bits per heavy atom. The maximum atomic E-state index is 13.1. The molecule has 3 nitrogen and oxygen atoms in total. The lowest BCUT2D eigenvalue weighted by Crippen LogP contribution is -2.46. The highest BCUT2D eigenvalue weighted by Crippen LogP contribution is 2.32. The predicted octanol–water partition coefficient (Wildman–Crippen LogP) is 3.77. The van der Waals surface area contributed by atoms with Crippen molar-refractivity contribution in [2.75, 3.05) is 0 Å². The van der Waals surface area contributed by atoms with E-state index in [0.29, 0.717) is 11.5 Å². The molecule has 0 aliphatic heterocycles. The van der Waals surface area contributed by atoms with Gasteiger partial charge in [0.25, 0.3) is 5.91 Å². The SMILES string of the molecule is CC[C@H](NC(=O)c1ccccc1-c1ccc(F)cc1)C1CC(O)C1. The fourth-order valence-corrected chi connectivity index (χ4v) is 3.32. The summed E-state index contributed by atoms with van der Waals surface area (Å²) in [6.07, 6.45) is 2.10. The summed E-state index contributed by atoms with van der Waals surface area (Å²) < 4.78 is 13.1. The molecular formula is C20H22FNO2. The molecule has 0 heterocycles. The van der Waals surface area contributed by atoms with Crippen molar-refractivity contribution in [3.63, 3.8) is 0 Å². The van der Waals surface area contributed by atoms with E-state index in [1.807, 2.05) is 25.1 Å². The quantitative estimate of drug-likeness (QED) is 0.878. The van der Waals surface area contributed by atoms with Crippen molar-refractivity contribution < 1.29 is 14.3 Å². The maximum Gasteiger partial charge on any atom is 0.252 e. The molecule has 1 saturated carbocycles. The first kappa shape index (κ1) is 16.7. The van der Waals surface area contributed by atoms with Gasteiger partial charge in [0.2, 0.25) is 0 Å². The number of carbonyl (C=O) groups is 1. The third kappa shape index (κ3) is 3.49. The molecule has 0 unspecified atom stereocenters. The largest absolute Gasteiger partial charge is 0.393 e. The minimum Gasteiger partial charge on any atom is -0.393 e. The molecule has 4 heteroatoms. The Balaban J connectivity index is 1.81. The number of aliphatic hydroxyl groups excluding tert-OH is 1. The van der Waals surface area contributed by atoms with E-state index in [2.05, 4.69) is 5.32 Å². The van der Waals surface area contributed by atoms with Gasteiger partial charge in [0.05, 0.1) is 6.10 Å². The highest BCUT2D eigenvalue weighted by atomic mass is 19.1. The molecule has 3 rings (SSSR count). The highest BCUT2D eigenvalue weighted by Gasteiger charge is 2.34. The molecule has 0 saturated heterocycles. The third-order valence-electron chi connectivity index (χ3n) is 4.80. The number of amides is 1. The summed E-state index contributed by atoms with van der Waals surface area (Å²) in [7, 11) is 0. The number of halogens is 1. The highest BCUT2D eigenvalue weighted by molar-refractivity contribution is 6.01. The zero-order chi connectivity index (χ0) is 17.1. The lowest BCUT2D eigenvalue weighted by Gasteiger charge is -2.37. The lowest BCUT2D eigenvalue weighted by atomic mass is 9.76. The minimum absolute atomic E-state index is 0.0715. The monoisotopic (exact) mass is 327 g/mol. The Morgan fingerprint density at radius 1 is 1.21 bits per heavy atom. The molecule has 2 N–H and O–H groups in total. The summed E-state index contributed by atoms with van der Waals surface area (Å²) in [6, 6.07) is 13.6. The van der Waals surface area contributed by atoms with Crippen LogP contribution >= 0.6 is 0 Å². The van der Waals surface area contributed by atoms with E-state index in [9.17, 15) is 14.3 Å². The second-order valence-corrected chi connectivity index (χ2v) is 6.43. The fourth-order valence-electron chi connectivity index (χ4n) is 3.32. The van der Waals surface area contributed by atoms with Crippen LogP contribution in [0.5, 0.6) is 0 Å². The second kappa shape index (κ2) is 7.14. The number of nitrogens with one attached hydrogen (secondary N) is 1. The van der Waals surface area contributed by atoms with Crippen molar-refractivity contribution in [2.45, 2.75) is 38.3 Å². The van der Waals surface area contributed by atoms with Gasteiger partial charge < -0.3 is 10.4 Å². The van der Waals surface area contributed by atoms with E-state index in [-0.39, 0.29) is 23.9 Å². The van der Waals surface area contributed by atoms with Crippen LogP contribution in [0, 0.1) is 11.7 Å². The van der Waals surface area contributed by atoms with Gasteiger partial charge in [-0.3, -0.25) is 4.79 Å². The Labute approximate surface area is 141 Å². The van der Waals surface area contributed by atoms with Crippen LogP contribution in [0.4, 0.5) is 4.39 Å². The Morgan fingerprint density at radius 2 is 1.88 bits per heavy atom. The number of carbonyl (C=O) groups excluding carboxylic acids is 1. The van der Waals surface area contributed by atoms with Crippen LogP contribution < -0.4 is 5.32 Å². The average Bonchev–Trinajstić information content (AvgIpc) is 2.58. The minimum atomic E-state index is -0.296. The van der Waals surface area contributed by atoms with Crippen LogP contribution in [0.1, 0.15) is 36.5 Å². The molecule has 0 spiro atoms. The molecule has 2 aromatic carbocycles. The van der Waals surface area contributed by atoms with Gasteiger partial charge >= 0.3 is 0 Å². The molecule has 1 aliphatic rings. The number of hydrogen-bond acceptors (Lipinski definition) is 2. The first-order valence-electron chi connectivity index (χ1n) is 8.42. The van der Waals surface area contributed by atoms with E-state index >= 15 is 0 Å². The first-order valence-corrected chi connectivity index (χ1v) is 8.42. The average molecular weight is 327 g/mol. The van der Waals surface area contributed by atoms with Gasteiger partial charge in [-0.2, -0.15) is 0 Å². The number of aliphatic hydroxyl groups is 1. The third-order valence-corrected chi connectivity index (χ3v) is 4.80. The number of rotatable bonds is 5. The molecule has 1 fully saturated rings. The topological polar surface area (TPSA) is 49.3 Å². The Hall–Kier alpha value is -2.20. The van der Waals surface area contributed by atoms with E-state index in [1.54, 1.807) is 18.2 Å². The van der Waals surface area contributed by atoms with E-state index in [0.717, 1.165) is 30.4 Å². The lowest BCUT2D eigenvalue weighted by molar-refractivity contribution is 0.0232. The van der Waals surface area contributed by atoms with Gasteiger partial charge in [-0.05, 0) is 54.5 Å². The summed E-state index contributed by atoms with van der Waals surface area (Å²) in [4.78, 5) is 12.8. The van der Waals surface area contributed by atoms with Gasteiger partial charge in [0, 0.05) is 11.6 Å². The summed E-state index contributed by atoms with van der Waals surface area (Å²) in [5, 5.41) is 12.6. The molecule has 126 valence electrons. The van der Waals surface area contributed by atoms with E-state index < -0.39 is 0 Å². The molecule has 1 atom stereocenters. The second-order valence-electron chi connectivity index (χ2n) is 6.43. The number of benzene rings is 2. The normalized spacial score (nSPS) is 21.0. The molecule has 0 aromatic heterocycles. The number of hydrogen-bond donors (Lipinski definition) is 2. The van der Waals surface area contributed by atoms with Crippen LogP contribution in [-0.4, -0.2) is 23.2 Å². The van der Waals surface area contributed by atoms with E-state index in [4.69, 9.17) is 0 Å². The first-order chi connectivity index (χ1) is 11.6. The van der Waals surface area contributed by atoms with E-state index in [1.165, 1.54) is 12.1 Å². The van der Waals surface area contributed by atoms with Crippen molar-refractivity contribution in [3.8, 4) is 11.1 Å². The van der Waals surface area contributed by atoms with Gasteiger partial charge in [-0.1, -0.05) is 37.3 Å². The standard InChI is InChI=1S/C20H22FNO2/c1-2-19(14-11-16(23)12-14)22-20(24)18-6-4-3-5-17(18)13-7-9-15(21)10-8-13/h3-10,14,16,19,23H,2,11-12H2,1H3,(H,22,24)/t14?,16?,19-/m0/s1. The smallest absolute Gasteiger partial charge is 0.252 e. The molecule has 2 aromatic rings. The maximum absolute atomic E-state index is 13.1. The molecular weight excluding hydrogens is 305 g/mol. The zero-order valence-electron chi connectivity index (χ0n) is 13.7. The van der Waals surface area contributed by atoms with Crippen molar-refractivity contribution in [3.05, 3.63) is 59.9 Å². The molecule has 24 heavy (non-hydrogen) atoms. The Bertz CT molecular complexity index is 708. The summed E-state index contributed by atoms with van der Waals surface area (Å²) in [6.45, 7) is 2.04. The molecule has 1 amide bonds. The van der Waals surface area contributed by atoms with Gasteiger partial charge in [0.15, 0.2) is 0 Å². The molecule has 0 radical (unpaired) electrons. The van der Waals surface area contributed by atoms with Gasteiger partial charge in [-0.15, -0.1) is 0 Å². The zero-order valence-corrected chi connectivity index (χ0v) is 13.7. The van der Waals surface area contributed by atoms with Crippen molar-refractivity contribution >= 4 is 5.91 Å². The predicted molar refractivity (Wildman–Crippen MR) is 92.1 cm³/mol. The molecule has 1 aliphatic carbocycles. The summed E-state index contributed by atoms with van der Waals surface area (Å²) in [5.41, 5.74) is 2.19. The van der Waals surface area contributed by atoms with Crippen LogP contribution in [-0.2, 0) is 0 Å². The van der Waals surface area contributed by atoms with Crippen molar-refractivity contribution in [1.82, 2.24) is 5.32 Å². The van der Waals surface area contributed by atoms with Crippen molar-refractivity contribution in [2.24, 2.45) is 5.92 Å². The van der Waals surface area contributed by atoms with Crippen LogP contribution in [0.2, 0.25) is 0 Å². The molecule has 0 bridgehead atoms. The Kier molecular flexibility index (Phi) is 4.95. The van der Waals surface area contributed by atoms with Gasteiger partial charge in [0.1, 0.15) is 5.82 Å². The van der Waals surface area contributed by atoms with Gasteiger partial charge in [-0.25, -0.2) is 4.39 Å².